The van der Waals surface area contributed by atoms with Gasteiger partial charge in [-0.25, -0.2) is 0 Å². The molecule has 3 rings (SSSR count). The first kappa shape index (κ1) is 21.2. The first-order chi connectivity index (χ1) is 13.9. The van der Waals surface area contributed by atoms with Gasteiger partial charge in [0.2, 0.25) is 5.91 Å². The van der Waals surface area contributed by atoms with E-state index in [0.717, 1.165) is 10.0 Å². The Kier molecular flexibility index (Phi) is 7.18. The fourth-order valence-corrected chi connectivity index (χ4v) is 4.23. The Morgan fingerprint density at radius 1 is 1.10 bits per heavy atom. The molecule has 0 unspecified atom stereocenters. The van der Waals surface area contributed by atoms with Gasteiger partial charge < -0.3 is 0 Å². The smallest absolute Gasteiger partial charge is 0.269 e. The Hall–Kier alpha value is -2.49. The Bertz CT molecular complexity index is 995. The van der Waals surface area contributed by atoms with Crippen molar-refractivity contribution in [3.8, 4) is 0 Å². The average Bonchev–Trinajstić information content (AvgIpc) is 2.98. The largest absolute Gasteiger partial charge is 0.292 e. The van der Waals surface area contributed by atoms with E-state index in [2.05, 4.69) is 26.8 Å². The molecule has 0 aliphatic carbocycles. The molecule has 1 aliphatic heterocycles. The number of carbonyl (C=O) groups is 3. The molecule has 148 valence electrons. The minimum atomic E-state index is -0.417. The second-order valence-electron chi connectivity index (χ2n) is 6.01. The van der Waals surface area contributed by atoms with Gasteiger partial charge in [0, 0.05) is 23.0 Å². The molecular formula is C20H16BrN3O3S2. The molecular weight excluding hydrogens is 474 g/mol. The van der Waals surface area contributed by atoms with Gasteiger partial charge in [-0.1, -0.05) is 70.2 Å². The Morgan fingerprint density at radius 2 is 1.86 bits per heavy atom. The molecule has 1 aliphatic rings. The maximum Gasteiger partial charge on any atom is 0.269 e. The highest BCUT2D eigenvalue weighted by atomic mass is 79.9. The molecule has 2 aromatic rings. The van der Waals surface area contributed by atoms with Gasteiger partial charge in [0.25, 0.3) is 11.8 Å². The van der Waals surface area contributed by atoms with Crippen molar-refractivity contribution in [1.82, 2.24) is 15.8 Å². The van der Waals surface area contributed by atoms with Crippen LogP contribution in [0.2, 0.25) is 0 Å². The average molecular weight is 490 g/mol. The van der Waals surface area contributed by atoms with E-state index in [-0.39, 0.29) is 18.9 Å². The first-order valence-corrected chi connectivity index (χ1v) is 10.6. The standard InChI is InChI=1S/C20H16BrN3O3S2/c21-15-8-4-5-13(11-15)12-16-19(27)24(20(28)29-16)10-9-17(25)22-23-18(26)14-6-2-1-3-7-14/h1-8,11-12H,9-10H2,(H,22,25)(H,23,26)/b16-12-. The van der Waals surface area contributed by atoms with Crippen LogP contribution in [-0.2, 0) is 9.59 Å². The number of halogens is 1. The molecule has 1 saturated heterocycles. The van der Waals surface area contributed by atoms with Gasteiger partial charge in [0.1, 0.15) is 4.32 Å². The Labute approximate surface area is 185 Å². The molecule has 0 spiro atoms. The zero-order valence-corrected chi connectivity index (χ0v) is 18.3. The van der Waals surface area contributed by atoms with Crippen LogP contribution in [0.15, 0.2) is 64.0 Å². The first-order valence-electron chi connectivity index (χ1n) is 8.59. The predicted molar refractivity (Wildman–Crippen MR) is 121 cm³/mol. The highest BCUT2D eigenvalue weighted by Gasteiger charge is 2.32. The van der Waals surface area contributed by atoms with Gasteiger partial charge >= 0.3 is 0 Å². The second kappa shape index (κ2) is 9.82. The van der Waals surface area contributed by atoms with E-state index in [1.165, 1.54) is 16.7 Å². The molecule has 9 heteroatoms. The van der Waals surface area contributed by atoms with Crippen molar-refractivity contribution in [3.05, 3.63) is 75.1 Å². The molecule has 0 atom stereocenters. The van der Waals surface area contributed by atoms with Gasteiger partial charge in [-0.2, -0.15) is 0 Å². The summed E-state index contributed by atoms with van der Waals surface area (Å²) in [4.78, 5) is 38.5. The summed E-state index contributed by atoms with van der Waals surface area (Å²) in [5.41, 5.74) is 6.00. The van der Waals surface area contributed by atoms with Crippen molar-refractivity contribution in [2.75, 3.05) is 6.54 Å². The molecule has 2 aromatic carbocycles. The number of nitrogens with one attached hydrogen (secondary N) is 2. The molecule has 6 nitrogen and oxygen atoms in total. The lowest BCUT2D eigenvalue weighted by atomic mass is 10.2. The summed E-state index contributed by atoms with van der Waals surface area (Å²) in [6.07, 6.45) is 1.77. The maximum atomic E-state index is 12.6. The van der Waals surface area contributed by atoms with E-state index < -0.39 is 11.8 Å². The fraction of sp³-hybridized carbons (Fsp3) is 0.100. The summed E-state index contributed by atoms with van der Waals surface area (Å²) in [5.74, 6) is -1.07. The topological polar surface area (TPSA) is 78.5 Å². The number of nitrogens with zero attached hydrogens (tertiary/aromatic N) is 1. The molecule has 0 radical (unpaired) electrons. The highest BCUT2D eigenvalue weighted by Crippen LogP contribution is 2.32. The molecule has 1 fully saturated rings. The van der Waals surface area contributed by atoms with Crippen LogP contribution in [0.1, 0.15) is 22.3 Å². The normalized spacial score (nSPS) is 14.9. The molecule has 0 bridgehead atoms. The number of thioether (sulfide) groups is 1. The molecule has 1 heterocycles. The summed E-state index contributed by atoms with van der Waals surface area (Å²) < 4.78 is 1.31. The van der Waals surface area contributed by atoms with Gasteiger partial charge in [-0.15, -0.1) is 0 Å². The van der Waals surface area contributed by atoms with Crippen molar-refractivity contribution in [3.63, 3.8) is 0 Å². The predicted octanol–water partition coefficient (Wildman–Crippen LogP) is 3.50. The van der Waals surface area contributed by atoms with Crippen LogP contribution in [0.4, 0.5) is 0 Å². The van der Waals surface area contributed by atoms with Crippen LogP contribution in [0, 0.1) is 0 Å². The van der Waals surface area contributed by atoms with Crippen LogP contribution in [0.5, 0.6) is 0 Å². The summed E-state index contributed by atoms with van der Waals surface area (Å²) in [7, 11) is 0. The van der Waals surface area contributed by atoms with Gasteiger partial charge in [0.15, 0.2) is 0 Å². The SMILES string of the molecule is O=C(CCN1C(=O)/C(=C/c2cccc(Br)c2)SC1=S)NNC(=O)c1ccccc1. The van der Waals surface area contributed by atoms with Crippen molar-refractivity contribution in [2.24, 2.45) is 0 Å². The lowest BCUT2D eigenvalue weighted by Gasteiger charge is -2.14. The molecule has 0 saturated carbocycles. The number of hydrazine groups is 1. The van der Waals surface area contributed by atoms with E-state index in [1.807, 2.05) is 24.3 Å². The summed E-state index contributed by atoms with van der Waals surface area (Å²) in [6, 6.07) is 16.1. The second-order valence-corrected chi connectivity index (χ2v) is 8.60. The third kappa shape index (κ3) is 5.75. The van der Waals surface area contributed by atoms with Crippen LogP contribution < -0.4 is 10.9 Å². The minimum absolute atomic E-state index is 0.00563. The number of rotatable bonds is 5. The van der Waals surface area contributed by atoms with E-state index in [0.29, 0.717) is 14.8 Å². The van der Waals surface area contributed by atoms with Crippen LogP contribution in [-0.4, -0.2) is 33.5 Å². The zero-order valence-electron chi connectivity index (χ0n) is 15.1. The lowest BCUT2D eigenvalue weighted by molar-refractivity contribution is -0.124. The molecule has 0 aromatic heterocycles. The van der Waals surface area contributed by atoms with E-state index in [9.17, 15) is 14.4 Å². The number of carbonyl (C=O) groups excluding carboxylic acids is 3. The Balaban J connectivity index is 1.52. The van der Waals surface area contributed by atoms with E-state index in [1.54, 1.807) is 36.4 Å². The van der Waals surface area contributed by atoms with Crippen LogP contribution in [0.3, 0.4) is 0 Å². The molecule has 2 N–H and O–H groups in total. The maximum absolute atomic E-state index is 12.6. The van der Waals surface area contributed by atoms with E-state index in [4.69, 9.17) is 12.2 Å². The van der Waals surface area contributed by atoms with Crippen molar-refractivity contribution >= 4 is 68.0 Å². The zero-order chi connectivity index (χ0) is 20.8. The minimum Gasteiger partial charge on any atom is -0.292 e. The summed E-state index contributed by atoms with van der Waals surface area (Å²) in [6.45, 7) is 0.132. The molecule has 29 heavy (non-hydrogen) atoms. The van der Waals surface area contributed by atoms with Crippen molar-refractivity contribution in [1.29, 1.82) is 0 Å². The van der Waals surface area contributed by atoms with Gasteiger partial charge in [0.05, 0.1) is 4.91 Å². The number of thiocarbonyl (C=S) groups is 1. The third-order valence-corrected chi connectivity index (χ3v) is 5.80. The number of benzene rings is 2. The van der Waals surface area contributed by atoms with Crippen molar-refractivity contribution in [2.45, 2.75) is 6.42 Å². The van der Waals surface area contributed by atoms with Gasteiger partial charge in [-0.05, 0) is 35.9 Å². The fourth-order valence-electron chi connectivity index (χ4n) is 2.50. The molecule has 3 amide bonds. The van der Waals surface area contributed by atoms with Crippen LogP contribution in [0.25, 0.3) is 6.08 Å². The Morgan fingerprint density at radius 3 is 2.59 bits per heavy atom. The highest BCUT2D eigenvalue weighted by molar-refractivity contribution is 9.10. The quantitative estimate of drug-likeness (QED) is 0.381. The number of amides is 3. The van der Waals surface area contributed by atoms with Crippen molar-refractivity contribution < 1.29 is 14.4 Å². The number of hydrogen-bond donors (Lipinski definition) is 2. The summed E-state index contributed by atoms with van der Waals surface area (Å²) >= 11 is 9.88. The summed E-state index contributed by atoms with van der Waals surface area (Å²) in [5, 5.41) is 0. The number of hydrogen-bond acceptors (Lipinski definition) is 5. The van der Waals surface area contributed by atoms with E-state index >= 15 is 0 Å². The monoisotopic (exact) mass is 489 g/mol. The van der Waals surface area contributed by atoms with Crippen LogP contribution >= 0.6 is 39.9 Å². The lowest BCUT2D eigenvalue weighted by Crippen LogP contribution is -2.43. The van der Waals surface area contributed by atoms with Gasteiger partial charge in [-0.3, -0.25) is 30.1 Å². The third-order valence-electron chi connectivity index (χ3n) is 3.93.